The lowest BCUT2D eigenvalue weighted by atomic mass is 10.1. The van der Waals surface area contributed by atoms with Crippen molar-refractivity contribution in [2.24, 2.45) is 0 Å². The molecule has 0 radical (unpaired) electrons. The van der Waals surface area contributed by atoms with Crippen molar-refractivity contribution in [1.82, 2.24) is 10.6 Å². The van der Waals surface area contributed by atoms with Crippen LogP contribution in [0.15, 0.2) is 54.6 Å². The summed E-state index contributed by atoms with van der Waals surface area (Å²) in [5.41, 5.74) is 0.861. The zero-order valence-corrected chi connectivity index (χ0v) is 16.1. The lowest BCUT2D eigenvalue weighted by Gasteiger charge is -2.18. The minimum absolute atomic E-state index is 0.117. The summed E-state index contributed by atoms with van der Waals surface area (Å²) in [4.78, 5) is 61.3. The number of rotatable bonds is 5. The Morgan fingerprint density at radius 2 is 1.53 bits per heavy atom. The number of amides is 5. The maximum atomic E-state index is 12.6. The molecule has 1 aliphatic rings. The number of esters is 1. The van der Waals surface area contributed by atoms with E-state index in [0.717, 1.165) is 4.90 Å². The van der Waals surface area contributed by atoms with Crippen molar-refractivity contribution in [3.63, 3.8) is 0 Å². The molecular weight excluding hydrogens is 390 g/mol. The molecule has 1 saturated heterocycles. The van der Waals surface area contributed by atoms with Gasteiger partial charge in [-0.2, -0.15) is 0 Å². The second-order valence-corrected chi connectivity index (χ2v) is 6.43. The van der Waals surface area contributed by atoms with Crippen LogP contribution in [0.5, 0.6) is 0 Å². The van der Waals surface area contributed by atoms with E-state index in [4.69, 9.17) is 4.74 Å². The van der Waals surface area contributed by atoms with E-state index in [0.29, 0.717) is 11.3 Å². The first-order valence-electron chi connectivity index (χ1n) is 9.15. The van der Waals surface area contributed by atoms with E-state index in [1.165, 1.54) is 31.3 Å². The number of benzene rings is 2. The van der Waals surface area contributed by atoms with Gasteiger partial charge in [0.1, 0.15) is 0 Å². The van der Waals surface area contributed by atoms with Crippen LogP contribution in [-0.2, 0) is 19.1 Å². The summed E-state index contributed by atoms with van der Waals surface area (Å²) in [7, 11) is 1.35. The van der Waals surface area contributed by atoms with Crippen LogP contribution in [0.4, 0.5) is 10.5 Å². The molecule has 1 aliphatic heterocycles. The Morgan fingerprint density at radius 1 is 0.933 bits per heavy atom. The van der Waals surface area contributed by atoms with Crippen LogP contribution in [0.1, 0.15) is 34.9 Å². The molecule has 0 bridgehead atoms. The molecule has 0 spiro atoms. The highest BCUT2D eigenvalue weighted by Gasteiger charge is 2.31. The second kappa shape index (κ2) is 8.99. The second-order valence-electron chi connectivity index (χ2n) is 6.43. The first kappa shape index (κ1) is 20.7. The smallest absolute Gasteiger partial charge is 0.339 e. The quantitative estimate of drug-likeness (QED) is 0.573. The average molecular weight is 409 g/mol. The number of hydrogen-bond donors (Lipinski definition) is 2. The summed E-state index contributed by atoms with van der Waals surface area (Å²) in [6, 6.07) is 13.2. The van der Waals surface area contributed by atoms with E-state index in [1.54, 1.807) is 30.3 Å². The molecular formula is C21H19N3O6. The molecule has 9 nitrogen and oxygen atoms in total. The lowest BCUT2D eigenvalue weighted by Crippen LogP contribution is -2.41. The Hall–Kier alpha value is -4.01. The van der Waals surface area contributed by atoms with Crippen molar-refractivity contribution in [1.29, 1.82) is 0 Å². The van der Waals surface area contributed by atoms with Crippen LogP contribution in [0, 0.1) is 0 Å². The number of ether oxygens (including phenoxy) is 1. The molecule has 2 aromatic rings. The zero-order chi connectivity index (χ0) is 21.7. The van der Waals surface area contributed by atoms with Crippen molar-refractivity contribution in [2.45, 2.75) is 18.9 Å². The van der Waals surface area contributed by atoms with Crippen molar-refractivity contribution in [3.05, 3.63) is 65.7 Å². The zero-order valence-electron chi connectivity index (χ0n) is 16.1. The molecule has 0 unspecified atom stereocenters. The molecule has 0 saturated carbocycles. The third-order valence-corrected chi connectivity index (χ3v) is 4.44. The molecule has 2 N–H and O–H groups in total. The molecule has 1 heterocycles. The number of imide groups is 2. The summed E-state index contributed by atoms with van der Waals surface area (Å²) < 4.78 is 5.36. The van der Waals surface area contributed by atoms with Gasteiger partial charge in [0.15, 0.2) is 0 Å². The molecule has 5 amide bonds. The molecule has 1 atom stereocenters. The monoisotopic (exact) mass is 409 g/mol. The van der Waals surface area contributed by atoms with Crippen molar-refractivity contribution >= 4 is 35.4 Å². The predicted molar refractivity (Wildman–Crippen MR) is 105 cm³/mol. The Kier molecular flexibility index (Phi) is 6.21. The maximum absolute atomic E-state index is 12.6. The Labute approximate surface area is 172 Å². The molecule has 9 heteroatoms. The highest BCUT2D eigenvalue weighted by Crippen LogP contribution is 2.24. The minimum atomic E-state index is -1.35. The number of anilines is 1. The van der Waals surface area contributed by atoms with Crippen LogP contribution < -0.4 is 15.5 Å². The van der Waals surface area contributed by atoms with Gasteiger partial charge in [-0.1, -0.05) is 30.3 Å². The molecule has 154 valence electrons. The van der Waals surface area contributed by atoms with Crippen molar-refractivity contribution < 1.29 is 28.7 Å². The van der Waals surface area contributed by atoms with Gasteiger partial charge in [0, 0.05) is 25.5 Å². The summed E-state index contributed by atoms with van der Waals surface area (Å²) in [6.07, 6.45) is -1.04. The van der Waals surface area contributed by atoms with E-state index in [1.807, 2.05) is 0 Å². The first-order chi connectivity index (χ1) is 14.4. The van der Waals surface area contributed by atoms with Gasteiger partial charge in [-0.05, 0) is 24.3 Å². The van der Waals surface area contributed by atoms with Gasteiger partial charge in [0.05, 0.1) is 11.3 Å². The largest absolute Gasteiger partial charge is 0.444 e. The van der Waals surface area contributed by atoms with E-state index in [9.17, 15) is 24.0 Å². The average Bonchev–Trinajstić information content (AvgIpc) is 3.10. The number of nitrogens with zero attached hydrogens (tertiary/aromatic N) is 1. The SMILES string of the molecule is CNC(=O)NC(=O)[C@@H](OC(=O)c1ccc(N2C(=O)CCC2=O)cc1)c1ccccc1. The van der Waals surface area contributed by atoms with Crippen LogP contribution >= 0.6 is 0 Å². The maximum Gasteiger partial charge on any atom is 0.339 e. The molecule has 0 aliphatic carbocycles. The molecule has 3 rings (SSSR count). The summed E-state index contributed by atoms with van der Waals surface area (Å²) in [6.45, 7) is 0. The van der Waals surface area contributed by atoms with E-state index in [-0.39, 0.29) is 30.2 Å². The van der Waals surface area contributed by atoms with Crippen LogP contribution in [0.2, 0.25) is 0 Å². The van der Waals surface area contributed by atoms with Gasteiger partial charge in [-0.25, -0.2) is 9.59 Å². The highest BCUT2D eigenvalue weighted by molar-refractivity contribution is 6.19. The van der Waals surface area contributed by atoms with E-state index < -0.39 is 24.0 Å². The summed E-state index contributed by atoms with van der Waals surface area (Å²) in [5.74, 6) is -2.21. The molecule has 30 heavy (non-hydrogen) atoms. The van der Waals surface area contributed by atoms with Gasteiger partial charge >= 0.3 is 12.0 Å². The highest BCUT2D eigenvalue weighted by atomic mass is 16.5. The Bertz CT molecular complexity index is 972. The van der Waals surface area contributed by atoms with Crippen molar-refractivity contribution in [2.75, 3.05) is 11.9 Å². The van der Waals surface area contributed by atoms with Crippen LogP contribution in [0.25, 0.3) is 0 Å². The summed E-state index contributed by atoms with van der Waals surface area (Å²) in [5, 5.41) is 4.35. The molecule has 2 aromatic carbocycles. The van der Waals surface area contributed by atoms with E-state index >= 15 is 0 Å². The van der Waals surface area contributed by atoms with Crippen LogP contribution in [0.3, 0.4) is 0 Å². The number of carbonyl (C=O) groups excluding carboxylic acids is 5. The summed E-state index contributed by atoms with van der Waals surface area (Å²) >= 11 is 0. The van der Waals surface area contributed by atoms with Crippen molar-refractivity contribution in [3.8, 4) is 0 Å². The number of urea groups is 1. The fourth-order valence-electron chi connectivity index (χ4n) is 2.93. The lowest BCUT2D eigenvalue weighted by molar-refractivity contribution is -0.129. The molecule has 0 aromatic heterocycles. The topological polar surface area (TPSA) is 122 Å². The number of nitrogens with one attached hydrogen (secondary N) is 2. The van der Waals surface area contributed by atoms with Gasteiger partial charge in [-0.15, -0.1) is 0 Å². The Balaban J connectivity index is 1.78. The Morgan fingerprint density at radius 3 is 2.10 bits per heavy atom. The van der Waals surface area contributed by atoms with Gasteiger partial charge < -0.3 is 10.1 Å². The van der Waals surface area contributed by atoms with E-state index in [2.05, 4.69) is 10.6 Å². The molecule has 1 fully saturated rings. The van der Waals surface area contributed by atoms with Gasteiger partial charge in [0.2, 0.25) is 17.9 Å². The number of carbonyl (C=O) groups is 5. The first-order valence-corrected chi connectivity index (χ1v) is 9.15. The van der Waals surface area contributed by atoms with Crippen LogP contribution in [-0.4, -0.2) is 36.8 Å². The fraction of sp³-hybridized carbons (Fsp3) is 0.190. The third-order valence-electron chi connectivity index (χ3n) is 4.44. The minimum Gasteiger partial charge on any atom is -0.444 e. The van der Waals surface area contributed by atoms with Gasteiger partial charge in [-0.3, -0.25) is 24.6 Å². The normalized spacial score (nSPS) is 14.2. The van der Waals surface area contributed by atoms with Gasteiger partial charge in [0.25, 0.3) is 5.91 Å². The third kappa shape index (κ3) is 4.52. The standard InChI is InChI=1S/C21H19N3O6/c1-22-21(29)23-19(27)18(13-5-3-2-4-6-13)30-20(28)14-7-9-15(10-8-14)24-16(25)11-12-17(24)26/h2-10,18H,11-12H2,1H3,(H2,22,23,27,29)/t18-/m0/s1. The predicted octanol–water partition coefficient (Wildman–Crippen LogP) is 1.69. The fourth-order valence-corrected chi connectivity index (χ4v) is 2.93. The number of hydrogen-bond acceptors (Lipinski definition) is 6.